The van der Waals surface area contributed by atoms with Crippen molar-refractivity contribution in [3.05, 3.63) is 34.6 Å². The highest BCUT2D eigenvalue weighted by Gasteiger charge is 2.11. The minimum atomic E-state index is -0.457. The Kier molecular flexibility index (Phi) is 3.04. The van der Waals surface area contributed by atoms with Crippen LogP contribution in [0, 0.1) is 5.82 Å². The highest BCUT2D eigenvalue weighted by molar-refractivity contribution is 6.30. The summed E-state index contributed by atoms with van der Waals surface area (Å²) < 4.78 is 12.7. The number of carbonyl (C=O) groups is 1. The topological polar surface area (TPSA) is 17.1 Å². The highest BCUT2D eigenvalue weighted by atomic mass is 35.5. The van der Waals surface area contributed by atoms with Gasteiger partial charge < -0.3 is 0 Å². The summed E-state index contributed by atoms with van der Waals surface area (Å²) in [6.45, 7) is 3.27. The van der Waals surface area contributed by atoms with Crippen LogP contribution in [-0.4, -0.2) is 5.78 Å². The van der Waals surface area contributed by atoms with Crippen LogP contribution in [0.1, 0.15) is 25.3 Å². The molecular formula is C10H10ClFO. The van der Waals surface area contributed by atoms with E-state index >= 15 is 0 Å². The lowest BCUT2D eigenvalue weighted by Gasteiger charge is -2.07. The van der Waals surface area contributed by atoms with Gasteiger partial charge in [-0.1, -0.05) is 24.6 Å². The van der Waals surface area contributed by atoms with Crippen LogP contribution in [0.3, 0.4) is 0 Å². The number of ketones is 1. The number of Topliss-reactive ketones (excluding diaryl/α,β-unsaturated/α-hetero) is 1. The van der Waals surface area contributed by atoms with E-state index < -0.39 is 5.82 Å². The van der Waals surface area contributed by atoms with Crippen LogP contribution in [-0.2, 0) is 4.79 Å². The number of rotatable bonds is 2. The largest absolute Gasteiger partial charge is 0.299 e. The van der Waals surface area contributed by atoms with Gasteiger partial charge in [0, 0.05) is 5.92 Å². The van der Waals surface area contributed by atoms with Crippen molar-refractivity contribution in [2.24, 2.45) is 0 Å². The molecule has 1 rings (SSSR count). The molecule has 0 amide bonds. The smallest absolute Gasteiger partial charge is 0.141 e. The standard InChI is InChI=1S/C10H10ClFO/c1-6(7(2)13)8-3-4-10(12)9(11)5-8/h3-6H,1-2H3. The Hall–Kier alpha value is -0.890. The minimum absolute atomic E-state index is 0.0441. The molecule has 0 fully saturated rings. The molecule has 0 bridgehead atoms. The first-order valence-corrected chi connectivity index (χ1v) is 4.35. The lowest BCUT2D eigenvalue weighted by atomic mass is 9.98. The Morgan fingerprint density at radius 2 is 2.15 bits per heavy atom. The van der Waals surface area contributed by atoms with Gasteiger partial charge in [-0.05, 0) is 24.6 Å². The molecule has 3 heteroatoms. The van der Waals surface area contributed by atoms with Gasteiger partial charge in [-0.25, -0.2) is 4.39 Å². The number of benzene rings is 1. The van der Waals surface area contributed by atoms with Crippen LogP contribution in [0.2, 0.25) is 5.02 Å². The summed E-state index contributed by atoms with van der Waals surface area (Å²) in [6.07, 6.45) is 0. The molecule has 0 spiro atoms. The van der Waals surface area contributed by atoms with Crippen molar-refractivity contribution in [2.45, 2.75) is 19.8 Å². The van der Waals surface area contributed by atoms with Crippen molar-refractivity contribution < 1.29 is 9.18 Å². The molecule has 0 saturated carbocycles. The summed E-state index contributed by atoms with van der Waals surface area (Å²) in [7, 11) is 0. The summed E-state index contributed by atoms with van der Waals surface area (Å²) >= 11 is 5.58. The minimum Gasteiger partial charge on any atom is -0.299 e. The molecule has 0 aromatic heterocycles. The molecule has 13 heavy (non-hydrogen) atoms. The number of carbonyl (C=O) groups excluding carboxylic acids is 1. The second-order valence-electron chi connectivity index (χ2n) is 3.01. The van der Waals surface area contributed by atoms with E-state index in [0.717, 1.165) is 5.56 Å². The summed E-state index contributed by atoms with van der Waals surface area (Å²) in [4.78, 5) is 11.0. The fourth-order valence-electron chi connectivity index (χ4n) is 1.02. The Labute approximate surface area is 81.5 Å². The van der Waals surface area contributed by atoms with E-state index in [2.05, 4.69) is 0 Å². The Balaban J connectivity index is 3.03. The van der Waals surface area contributed by atoms with Crippen molar-refractivity contribution >= 4 is 17.4 Å². The van der Waals surface area contributed by atoms with Gasteiger partial charge in [0.05, 0.1) is 5.02 Å². The van der Waals surface area contributed by atoms with Crippen LogP contribution in [0.15, 0.2) is 18.2 Å². The maximum atomic E-state index is 12.7. The Morgan fingerprint density at radius 3 is 2.62 bits per heavy atom. The van der Waals surface area contributed by atoms with E-state index in [9.17, 15) is 9.18 Å². The van der Waals surface area contributed by atoms with Crippen LogP contribution < -0.4 is 0 Å². The van der Waals surface area contributed by atoms with Crippen molar-refractivity contribution in [3.8, 4) is 0 Å². The fourth-order valence-corrected chi connectivity index (χ4v) is 1.21. The third-order valence-corrected chi connectivity index (χ3v) is 2.34. The maximum absolute atomic E-state index is 12.7. The molecule has 0 radical (unpaired) electrons. The lowest BCUT2D eigenvalue weighted by molar-refractivity contribution is -0.118. The zero-order chi connectivity index (χ0) is 10.0. The quantitative estimate of drug-likeness (QED) is 0.717. The molecular weight excluding hydrogens is 191 g/mol. The molecule has 1 unspecified atom stereocenters. The average Bonchev–Trinajstić information content (AvgIpc) is 2.08. The van der Waals surface area contributed by atoms with Gasteiger partial charge in [0.25, 0.3) is 0 Å². The average molecular weight is 201 g/mol. The molecule has 0 heterocycles. The molecule has 0 aliphatic heterocycles. The van der Waals surface area contributed by atoms with E-state index in [1.54, 1.807) is 13.0 Å². The first-order chi connectivity index (χ1) is 6.02. The zero-order valence-corrected chi connectivity index (χ0v) is 8.23. The number of hydrogen-bond donors (Lipinski definition) is 0. The molecule has 70 valence electrons. The van der Waals surface area contributed by atoms with E-state index in [4.69, 9.17) is 11.6 Å². The molecule has 0 N–H and O–H groups in total. The first kappa shape index (κ1) is 10.2. The molecule has 1 nitrogen and oxygen atoms in total. The lowest BCUT2D eigenvalue weighted by Crippen LogP contribution is -2.04. The first-order valence-electron chi connectivity index (χ1n) is 3.97. The normalized spacial score (nSPS) is 12.6. The summed E-state index contributed by atoms with van der Waals surface area (Å²) in [5, 5.41) is 0.0607. The zero-order valence-electron chi connectivity index (χ0n) is 7.47. The predicted molar refractivity (Wildman–Crippen MR) is 50.5 cm³/mol. The van der Waals surface area contributed by atoms with Gasteiger partial charge in [-0.15, -0.1) is 0 Å². The molecule has 1 aromatic carbocycles. The van der Waals surface area contributed by atoms with Crippen LogP contribution in [0.25, 0.3) is 0 Å². The SMILES string of the molecule is CC(=O)C(C)c1ccc(F)c(Cl)c1. The van der Waals surface area contributed by atoms with E-state index in [1.807, 2.05) is 0 Å². The predicted octanol–water partition coefficient (Wildman–Crippen LogP) is 3.17. The van der Waals surface area contributed by atoms with Gasteiger partial charge in [0.15, 0.2) is 0 Å². The van der Waals surface area contributed by atoms with Crippen LogP contribution in [0.4, 0.5) is 4.39 Å². The Bertz CT molecular complexity index is 336. The number of halogens is 2. The molecule has 0 saturated heterocycles. The van der Waals surface area contributed by atoms with Gasteiger partial charge in [-0.2, -0.15) is 0 Å². The third-order valence-electron chi connectivity index (χ3n) is 2.05. The molecule has 1 atom stereocenters. The summed E-state index contributed by atoms with van der Waals surface area (Å²) in [5.74, 6) is -0.637. The number of hydrogen-bond acceptors (Lipinski definition) is 1. The van der Waals surface area contributed by atoms with E-state index in [-0.39, 0.29) is 16.7 Å². The van der Waals surface area contributed by atoms with Crippen molar-refractivity contribution in [1.82, 2.24) is 0 Å². The van der Waals surface area contributed by atoms with Gasteiger partial charge >= 0.3 is 0 Å². The summed E-state index contributed by atoms with van der Waals surface area (Å²) in [5.41, 5.74) is 0.749. The fraction of sp³-hybridized carbons (Fsp3) is 0.300. The van der Waals surface area contributed by atoms with Gasteiger partial charge in [0.2, 0.25) is 0 Å². The maximum Gasteiger partial charge on any atom is 0.141 e. The van der Waals surface area contributed by atoms with Crippen LogP contribution >= 0.6 is 11.6 Å². The summed E-state index contributed by atoms with van der Waals surface area (Å²) in [6, 6.07) is 4.34. The second-order valence-corrected chi connectivity index (χ2v) is 3.41. The molecule has 1 aromatic rings. The molecule has 0 aliphatic rings. The van der Waals surface area contributed by atoms with Crippen molar-refractivity contribution in [2.75, 3.05) is 0 Å². The highest BCUT2D eigenvalue weighted by Crippen LogP contribution is 2.22. The van der Waals surface area contributed by atoms with Gasteiger partial charge in [-0.3, -0.25) is 4.79 Å². The monoisotopic (exact) mass is 200 g/mol. The second kappa shape index (κ2) is 3.88. The van der Waals surface area contributed by atoms with E-state index in [0.29, 0.717) is 0 Å². The van der Waals surface area contributed by atoms with Gasteiger partial charge in [0.1, 0.15) is 11.6 Å². The van der Waals surface area contributed by atoms with Crippen molar-refractivity contribution in [1.29, 1.82) is 0 Å². The molecule has 0 aliphatic carbocycles. The third kappa shape index (κ3) is 2.28. The van der Waals surface area contributed by atoms with Crippen LogP contribution in [0.5, 0.6) is 0 Å². The van der Waals surface area contributed by atoms with E-state index in [1.165, 1.54) is 19.1 Å². The van der Waals surface area contributed by atoms with Crippen molar-refractivity contribution in [3.63, 3.8) is 0 Å². The Morgan fingerprint density at radius 1 is 1.54 bits per heavy atom.